The molecule has 1 atom stereocenters. The molecule has 4 nitrogen and oxygen atoms in total. The summed E-state index contributed by atoms with van der Waals surface area (Å²) in [6, 6.07) is 5.69. The number of nitrogen functional groups attached to an aromatic ring is 1. The van der Waals surface area contributed by atoms with Crippen LogP contribution in [0.1, 0.15) is 32.1 Å². The number of carbonyl (C=O) groups is 2. The summed E-state index contributed by atoms with van der Waals surface area (Å²) in [5, 5.41) is -0.338. The van der Waals surface area contributed by atoms with E-state index >= 15 is 0 Å². The summed E-state index contributed by atoms with van der Waals surface area (Å²) < 4.78 is 0.920. The van der Waals surface area contributed by atoms with Gasteiger partial charge in [0.15, 0.2) is 0 Å². The maximum absolute atomic E-state index is 12.5. The second kappa shape index (κ2) is 6.01. The third-order valence-electron chi connectivity index (χ3n) is 4.08. The summed E-state index contributed by atoms with van der Waals surface area (Å²) in [6.45, 7) is 0. The highest BCUT2D eigenvalue weighted by Crippen LogP contribution is 2.38. The van der Waals surface area contributed by atoms with E-state index in [2.05, 4.69) is 15.9 Å². The lowest BCUT2D eigenvalue weighted by molar-refractivity contribution is -0.140. The molecular weight excluding hydrogens is 352 g/mol. The highest BCUT2D eigenvalue weighted by atomic mass is 79.9. The minimum absolute atomic E-state index is 0.0297. The molecule has 1 saturated heterocycles. The van der Waals surface area contributed by atoms with Crippen molar-refractivity contribution in [3.05, 3.63) is 22.7 Å². The highest BCUT2D eigenvalue weighted by molar-refractivity contribution is 9.10. The number of imide groups is 1. The number of amides is 2. The Morgan fingerprint density at radius 2 is 1.95 bits per heavy atom. The molecule has 0 spiro atoms. The molecule has 21 heavy (non-hydrogen) atoms. The predicted octanol–water partition coefficient (Wildman–Crippen LogP) is 3.19. The van der Waals surface area contributed by atoms with Crippen LogP contribution in [0.25, 0.3) is 0 Å². The van der Waals surface area contributed by atoms with Crippen LogP contribution in [0.4, 0.5) is 5.69 Å². The Balaban J connectivity index is 1.76. The van der Waals surface area contributed by atoms with E-state index in [4.69, 9.17) is 5.73 Å². The lowest BCUT2D eigenvalue weighted by Crippen LogP contribution is -2.39. The number of carbonyl (C=O) groups excluding carboxylic acids is 2. The third-order valence-corrected chi connectivity index (χ3v) is 5.83. The van der Waals surface area contributed by atoms with Crippen LogP contribution < -0.4 is 5.73 Å². The van der Waals surface area contributed by atoms with Gasteiger partial charge in [0, 0.05) is 27.5 Å². The third kappa shape index (κ3) is 2.97. The molecule has 0 bridgehead atoms. The Morgan fingerprint density at radius 3 is 2.67 bits per heavy atom. The van der Waals surface area contributed by atoms with Crippen LogP contribution >= 0.6 is 27.7 Å². The van der Waals surface area contributed by atoms with Gasteiger partial charge >= 0.3 is 0 Å². The molecule has 3 rings (SSSR count). The number of halogens is 1. The zero-order valence-corrected chi connectivity index (χ0v) is 14.0. The smallest absolute Gasteiger partial charge is 0.243 e. The number of nitrogens with two attached hydrogens (primary N) is 1. The highest BCUT2D eigenvalue weighted by Gasteiger charge is 2.43. The van der Waals surface area contributed by atoms with Gasteiger partial charge in [0.05, 0.1) is 5.25 Å². The zero-order chi connectivity index (χ0) is 15.0. The van der Waals surface area contributed by atoms with Gasteiger partial charge < -0.3 is 5.73 Å². The molecule has 2 aliphatic rings. The zero-order valence-electron chi connectivity index (χ0n) is 11.5. The average molecular weight is 369 g/mol. The van der Waals surface area contributed by atoms with Gasteiger partial charge in [-0.15, -0.1) is 11.8 Å². The van der Waals surface area contributed by atoms with Crippen molar-refractivity contribution in [2.45, 2.75) is 48.3 Å². The Morgan fingerprint density at radius 1 is 1.24 bits per heavy atom. The Labute approximate surface area is 136 Å². The lowest BCUT2D eigenvalue weighted by atomic mass is 10.2. The van der Waals surface area contributed by atoms with Crippen molar-refractivity contribution in [3.63, 3.8) is 0 Å². The van der Waals surface area contributed by atoms with Crippen LogP contribution in [-0.4, -0.2) is 28.0 Å². The van der Waals surface area contributed by atoms with Gasteiger partial charge in [-0.2, -0.15) is 0 Å². The fraction of sp³-hybridized carbons (Fsp3) is 0.467. The summed E-state index contributed by atoms with van der Waals surface area (Å²) in [7, 11) is 0. The van der Waals surface area contributed by atoms with E-state index in [9.17, 15) is 9.59 Å². The van der Waals surface area contributed by atoms with Crippen molar-refractivity contribution >= 4 is 45.2 Å². The molecule has 1 unspecified atom stereocenters. The largest absolute Gasteiger partial charge is 0.398 e. The monoisotopic (exact) mass is 368 g/mol. The van der Waals surface area contributed by atoms with E-state index in [1.165, 1.54) is 16.7 Å². The van der Waals surface area contributed by atoms with Crippen molar-refractivity contribution in [1.29, 1.82) is 0 Å². The topological polar surface area (TPSA) is 63.4 Å². The fourth-order valence-corrected chi connectivity index (χ4v) is 4.68. The van der Waals surface area contributed by atoms with Crippen LogP contribution in [0.2, 0.25) is 0 Å². The number of benzene rings is 1. The normalized spacial score (nSPS) is 23.3. The number of likely N-dealkylation sites (tertiary alicyclic amines) is 1. The number of hydrogen-bond donors (Lipinski definition) is 1. The molecule has 1 aliphatic carbocycles. The van der Waals surface area contributed by atoms with E-state index in [1.54, 1.807) is 0 Å². The molecule has 1 aromatic rings. The predicted molar refractivity (Wildman–Crippen MR) is 86.9 cm³/mol. The van der Waals surface area contributed by atoms with E-state index in [0.29, 0.717) is 5.69 Å². The Hall–Kier alpha value is -1.01. The quantitative estimate of drug-likeness (QED) is 0.657. The van der Waals surface area contributed by atoms with Gasteiger partial charge in [-0.05, 0) is 31.0 Å². The molecular formula is C15H17BrN2O2S. The van der Waals surface area contributed by atoms with Crippen molar-refractivity contribution in [2.75, 3.05) is 5.73 Å². The van der Waals surface area contributed by atoms with Gasteiger partial charge in [-0.3, -0.25) is 14.5 Å². The van der Waals surface area contributed by atoms with E-state index < -0.39 is 0 Å². The van der Waals surface area contributed by atoms with E-state index in [0.717, 1.165) is 35.1 Å². The molecule has 2 amide bonds. The summed E-state index contributed by atoms with van der Waals surface area (Å²) in [5.41, 5.74) is 6.59. The molecule has 1 heterocycles. The first-order valence-electron chi connectivity index (χ1n) is 7.14. The van der Waals surface area contributed by atoms with Gasteiger partial charge in [0.25, 0.3) is 0 Å². The maximum Gasteiger partial charge on any atom is 0.243 e. The van der Waals surface area contributed by atoms with Crippen molar-refractivity contribution < 1.29 is 9.59 Å². The van der Waals surface area contributed by atoms with Crippen LogP contribution in [-0.2, 0) is 9.59 Å². The standard InChI is InChI=1S/C15H17BrN2O2S/c16-9-5-6-11(17)12(7-9)21-13-8-14(19)18(15(13)20)10-3-1-2-4-10/h5-7,10,13H,1-4,8,17H2. The number of hydrogen-bond acceptors (Lipinski definition) is 4. The average Bonchev–Trinajstić information content (AvgIpc) is 3.03. The molecule has 1 aromatic carbocycles. The van der Waals surface area contributed by atoms with Crippen LogP contribution in [0.5, 0.6) is 0 Å². The molecule has 112 valence electrons. The van der Waals surface area contributed by atoms with Gasteiger partial charge in [0.1, 0.15) is 0 Å². The van der Waals surface area contributed by atoms with Gasteiger partial charge in [-0.1, -0.05) is 28.8 Å². The number of anilines is 1. The Bertz CT molecular complexity index is 587. The summed E-state index contributed by atoms with van der Waals surface area (Å²) in [6.07, 6.45) is 4.41. The molecule has 0 aromatic heterocycles. The lowest BCUT2D eigenvalue weighted by Gasteiger charge is -2.22. The second-order valence-electron chi connectivity index (χ2n) is 5.53. The molecule has 1 aliphatic heterocycles. The van der Waals surface area contributed by atoms with Crippen molar-refractivity contribution in [3.8, 4) is 0 Å². The first kappa shape index (κ1) is 14.9. The van der Waals surface area contributed by atoms with Crippen LogP contribution in [0.15, 0.2) is 27.6 Å². The maximum atomic E-state index is 12.5. The summed E-state index contributed by atoms with van der Waals surface area (Å²) in [5.74, 6) is -0.0748. The molecule has 2 N–H and O–H groups in total. The molecule has 0 radical (unpaired) electrons. The SMILES string of the molecule is Nc1ccc(Br)cc1SC1CC(=O)N(C2CCCC2)C1=O. The van der Waals surface area contributed by atoms with Crippen LogP contribution in [0.3, 0.4) is 0 Å². The number of nitrogens with zero attached hydrogens (tertiary/aromatic N) is 1. The second-order valence-corrected chi connectivity index (χ2v) is 7.69. The van der Waals surface area contributed by atoms with Crippen molar-refractivity contribution in [2.24, 2.45) is 0 Å². The van der Waals surface area contributed by atoms with Gasteiger partial charge in [0.2, 0.25) is 11.8 Å². The fourth-order valence-electron chi connectivity index (χ4n) is 3.02. The number of thioether (sulfide) groups is 1. The van der Waals surface area contributed by atoms with Crippen LogP contribution in [0, 0.1) is 0 Å². The number of rotatable bonds is 3. The van der Waals surface area contributed by atoms with Gasteiger partial charge in [-0.25, -0.2) is 0 Å². The molecule has 1 saturated carbocycles. The first-order valence-corrected chi connectivity index (χ1v) is 8.81. The van der Waals surface area contributed by atoms with Crippen molar-refractivity contribution in [1.82, 2.24) is 4.90 Å². The van der Waals surface area contributed by atoms with E-state index in [1.807, 2.05) is 18.2 Å². The first-order chi connectivity index (χ1) is 10.1. The molecule has 6 heteroatoms. The summed E-state index contributed by atoms with van der Waals surface area (Å²) >= 11 is 4.81. The van der Waals surface area contributed by atoms with E-state index in [-0.39, 0.29) is 29.5 Å². The Kier molecular flexibility index (Phi) is 4.26. The minimum Gasteiger partial charge on any atom is -0.398 e. The summed E-state index contributed by atoms with van der Waals surface area (Å²) in [4.78, 5) is 27.1. The minimum atomic E-state index is -0.338. The molecule has 2 fully saturated rings.